The predicted molar refractivity (Wildman–Crippen MR) is 62.3 cm³/mol. The molecule has 0 amide bonds. The standard InChI is InChI=1S/C9H6BrIO2/c1-5(13)6-2-8(10)7(4-12)9(11)3-6/h2-4H,1H3. The van der Waals surface area contributed by atoms with Gasteiger partial charge < -0.3 is 0 Å². The lowest BCUT2D eigenvalue weighted by Gasteiger charge is -2.02. The molecule has 2 nitrogen and oxygen atoms in total. The second-order valence-electron chi connectivity index (χ2n) is 2.53. The van der Waals surface area contributed by atoms with E-state index >= 15 is 0 Å². The lowest BCUT2D eigenvalue weighted by Crippen LogP contribution is -1.96. The molecule has 0 bridgehead atoms. The number of hydrogen-bond donors (Lipinski definition) is 0. The molecule has 13 heavy (non-hydrogen) atoms. The van der Waals surface area contributed by atoms with Crippen LogP contribution in [0.4, 0.5) is 0 Å². The third-order valence-corrected chi connectivity index (χ3v) is 3.15. The maximum absolute atomic E-state index is 11.0. The van der Waals surface area contributed by atoms with Crippen LogP contribution >= 0.6 is 38.5 Å². The Morgan fingerprint density at radius 2 is 2.15 bits per heavy atom. The van der Waals surface area contributed by atoms with E-state index in [1.165, 1.54) is 6.92 Å². The van der Waals surface area contributed by atoms with Crippen LogP contribution < -0.4 is 0 Å². The third-order valence-electron chi connectivity index (χ3n) is 1.60. The van der Waals surface area contributed by atoms with Crippen molar-refractivity contribution in [2.45, 2.75) is 6.92 Å². The molecule has 1 aromatic rings. The molecule has 0 aliphatic rings. The number of benzene rings is 1. The molecule has 0 heterocycles. The molecule has 0 unspecified atom stereocenters. The first kappa shape index (κ1) is 10.8. The molecule has 0 spiro atoms. The maximum atomic E-state index is 11.0. The van der Waals surface area contributed by atoms with E-state index in [4.69, 9.17) is 0 Å². The summed E-state index contributed by atoms with van der Waals surface area (Å²) in [6.07, 6.45) is 0.774. The van der Waals surface area contributed by atoms with Crippen molar-refractivity contribution >= 4 is 50.6 Å². The van der Waals surface area contributed by atoms with Crippen molar-refractivity contribution in [3.05, 3.63) is 31.3 Å². The minimum Gasteiger partial charge on any atom is -0.298 e. The molecule has 0 atom stereocenters. The Kier molecular flexibility index (Phi) is 3.61. The first-order valence-corrected chi connectivity index (χ1v) is 5.38. The quantitative estimate of drug-likeness (QED) is 0.465. The number of rotatable bonds is 2. The van der Waals surface area contributed by atoms with Gasteiger partial charge >= 0.3 is 0 Å². The molecule has 0 aliphatic carbocycles. The molecular weight excluding hydrogens is 347 g/mol. The van der Waals surface area contributed by atoms with Crippen LogP contribution in [0.25, 0.3) is 0 Å². The second kappa shape index (κ2) is 4.32. The van der Waals surface area contributed by atoms with Gasteiger partial charge in [-0.2, -0.15) is 0 Å². The Hall–Kier alpha value is -0.230. The van der Waals surface area contributed by atoms with Gasteiger partial charge in [0.15, 0.2) is 12.1 Å². The largest absolute Gasteiger partial charge is 0.298 e. The van der Waals surface area contributed by atoms with E-state index < -0.39 is 0 Å². The first-order valence-electron chi connectivity index (χ1n) is 3.51. The zero-order chi connectivity index (χ0) is 10.0. The van der Waals surface area contributed by atoms with Gasteiger partial charge in [-0.3, -0.25) is 9.59 Å². The van der Waals surface area contributed by atoms with Crippen molar-refractivity contribution in [3.63, 3.8) is 0 Å². The van der Waals surface area contributed by atoms with Crippen molar-refractivity contribution in [3.8, 4) is 0 Å². The van der Waals surface area contributed by atoms with Crippen molar-refractivity contribution < 1.29 is 9.59 Å². The van der Waals surface area contributed by atoms with Crippen LogP contribution in [0.15, 0.2) is 16.6 Å². The fraction of sp³-hybridized carbons (Fsp3) is 0.111. The normalized spacial score (nSPS) is 9.77. The van der Waals surface area contributed by atoms with Crippen LogP contribution in [-0.2, 0) is 0 Å². The van der Waals surface area contributed by atoms with Gasteiger partial charge in [0.1, 0.15) is 0 Å². The van der Waals surface area contributed by atoms with Crippen LogP contribution in [0.1, 0.15) is 27.6 Å². The molecule has 0 radical (unpaired) electrons. The van der Waals surface area contributed by atoms with E-state index in [-0.39, 0.29) is 5.78 Å². The number of ketones is 1. The topological polar surface area (TPSA) is 34.1 Å². The average molecular weight is 353 g/mol. The fourth-order valence-electron chi connectivity index (χ4n) is 0.900. The summed E-state index contributed by atoms with van der Waals surface area (Å²) in [6.45, 7) is 1.50. The Morgan fingerprint density at radius 3 is 2.54 bits per heavy atom. The minimum absolute atomic E-state index is 0.00364. The Labute approximate surface area is 98.0 Å². The van der Waals surface area contributed by atoms with Crippen LogP contribution in [-0.4, -0.2) is 12.1 Å². The summed E-state index contributed by atoms with van der Waals surface area (Å²) >= 11 is 5.27. The molecule has 0 fully saturated rings. The molecule has 0 saturated carbocycles. The second-order valence-corrected chi connectivity index (χ2v) is 4.54. The SMILES string of the molecule is CC(=O)c1cc(Br)c(C=O)c(I)c1. The summed E-state index contributed by atoms with van der Waals surface area (Å²) in [7, 11) is 0. The number of carbonyl (C=O) groups excluding carboxylic acids is 2. The molecule has 0 N–H and O–H groups in total. The molecule has 0 aromatic heterocycles. The van der Waals surface area contributed by atoms with Crippen LogP contribution in [0.5, 0.6) is 0 Å². The van der Waals surface area contributed by atoms with Crippen molar-refractivity contribution in [1.29, 1.82) is 0 Å². The molecule has 1 aromatic carbocycles. The zero-order valence-corrected chi connectivity index (χ0v) is 10.5. The van der Waals surface area contributed by atoms with Gasteiger partial charge in [-0.15, -0.1) is 0 Å². The third kappa shape index (κ3) is 2.37. The molecule has 0 saturated heterocycles. The lowest BCUT2D eigenvalue weighted by atomic mass is 10.1. The highest BCUT2D eigenvalue weighted by atomic mass is 127. The van der Waals surface area contributed by atoms with Crippen LogP contribution in [0.2, 0.25) is 0 Å². The number of hydrogen-bond acceptors (Lipinski definition) is 2. The number of carbonyl (C=O) groups is 2. The summed E-state index contributed by atoms with van der Waals surface area (Å²) in [5, 5.41) is 0. The number of halogens is 2. The number of Topliss-reactive ketones (excluding diaryl/α,β-unsaturated/α-hetero) is 1. The van der Waals surface area contributed by atoms with Crippen molar-refractivity contribution in [2.75, 3.05) is 0 Å². The van der Waals surface area contributed by atoms with Gasteiger partial charge in [0, 0.05) is 19.2 Å². The van der Waals surface area contributed by atoms with E-state index in [1.54, 1.807) is 12.1 Å². The van der Waals surface area contributed by atoms with Gasteiger partial charge in [-0.1, -0.05) is 0 Å². The van der Waals surface area contributed by atoms with Gasteiger partial charge in [0.25, 0.3) is 0 Å². The maximum Gasteiger partial charge on any atom is 0.159 e. The molecule has 0 aliphatic heterocycles. The minimum atomic E-state index is -0.00364. The van der Waals surface area contributed by atoms with E-state index in [0.29, 0.717) is 15.6 Å². The average Bonchev–Trinajstić information content (AvgIpc) is 2.03. The highest BCUT2D eigenvalue weighted by Crippen LogP contribution is 2.23. The summed E-state index contributed by atoms with van der Waals surface area (Å²) < 4.78 is 1.45. The Morgan fingerprint density at radius 1 is 1.54 bits per heavy atom. The van der Waals surface area contributed by atoms with Gasteiger partial charge in [0.05, 0.1) is 0 Å². The van der Waals surface area contributed by atoms with Crippen LogP contribution in [0, 0.1) is 3.57 Å². The highest BCUT2D eigenvalue weighted by Gasteiger charge is 2.08. The number of aldehydes is 1. The van der Waals surface area contributed by atoms with E-state index in [1.807, 2.05) is 22.6 Å². The first-order chi connectivity index (χ1) is 6.06. The molecule has 1 rings (SSSR count). The zero-order valence-electron chi connectivity index (χ0n) is 6.80. The van der Waals surface area contributed by atoms with Gasteiger partial charge in [-0.25, -0.2) is 0 Å². The monoisotopic (exact) mass is 352 g/mol. The lowest BCUT2D eigenvalue weighted by molar-refractivity contribution is 0.101. The molecule has 4 heteroatoms. The Bertz CT molecular complexity index is 351. The smallest absolute Gasteiger partial charge is 0.159 e. The predicted octanol–water partition coefficient (Wildman–Crippen LogP) is 3.07. The Balaban J connectivity index is 3.36. The molecule has 68 valence electrons. The van der Waals surface area contributed by atoms with Crippen molar-refractivity contribution in [1.82, 2.24) is 0 Å². The van der Waals surface area contributed by atoms with Gasteiger partial charge in [0.2, 0.25) is 0 Å². The van der Waals surface area contributed by atoms with E-state index in [0.717, 1.165) is 9.86 Å². The summed E-state index contributed by atoms with van der Waals surface area (Å²) in [5.74, 6) is -0.00364. The highest BCUT2D eigenvalue weighted by molar-refractivity contribution is 14.1. The molecular formula is C9H6BrIO2. The van der Waals surface area contributed by atoms with E-state index in [2.05, 4.69) is 15.9 Å². The summed E-state index contributed by atoms with van der Waals surface area (Å²) in [5.41, 5.74) is 1.20. The fourth-order valence-corrected chi connectivity index (χ4v) is 2.58. The summed E-state index contributed by atoms with van der Waals surface area (Å²) in [6, 6.07) is 3.37. The van der Waals surface area contributed by atoms with Crippen LogP contribution in [0.3, 0.4) is 0 Å². The van der Waals surface area contributed by atoms with Crippen molar-refractivity contribution in [2.24, 2.45) is 0 Å². The van der Waals surface area contributed by atoms with Gasteiger partial charge in [-0.05, 0) is 57.6 Å². The summed E-state index contributed by atoms with van der Waals surface area (Å²) in [4.78, 5) is 21.6. The van der Waals surface area contributed by atoms with E-state index in [9.17, 15) is 9.59 Å².